The smallest absolute Gasteiger partial charge is 0.243 e. The van der Waals surface area contributed by atoms with E-state index in [9.17, 15) is 8.42 Å². The fourth-order valence-electron chi connectivity index (χ4n) is 3.12. The minimum absolute atomic E-state index is 0. The third-order valence-corrected chi connectivity index (χ3v) is 6.21. The molecule has 1 fully saturated rings. The zero-order chi connectivity index (χ0) is 15.7. The van der Waals surface area contributed by atoms with E-state index in [2.05, 4.69) is 10.3 Å². The molecule has 0 amide bonds. The summed E-state index contributed by atoms with van der Waals surface area (Å²) in [7, 11) is -1.57. The summed E-state index contributed by atoms with van der Waals surface area (Å²) in [4.78, 5) is 4.70. The zero-order valence-electron chi connectivity index (χ0n) is 13.3. The number of benzene rings is 1. The monoisotopic (exact) mass is 355 g/mol. The Morgan fingerprint density at radius 1 is 1.35 bits per heavy atom. The largest absolute Gasteiger partial charge is 0.319 e. The number of hydrogen-bond donors (Lipinski definition) is 1. The Morgan fingerprint density at radius 3 is 2.87 bits per heavy atom. The van der Waals surface area contributed by atoms with Gasteiger partial charge >= 0.3 is 0 Å². The quantitative estimate of drug-likeness (QED) is 0.913. The summed E-state index contributed by atoms with van der Waals surface area (Å²) in [5.74, 6) is 0.384. The molecule has 0 aliphatic carbocycles. The van der Waals surface area contributed by atoms with E-state index in [0.717, 1.165) is 24.0 Å². The Kier molecular flexibility index (Phi) is 5.62. The molecule has 1 aliphatic heterocycles. The average Bonchev–Trinajstić information content (AvgIpc) is 2.97. The second-order valence-electron chi connectivity index (χ2n) is 5.86. The molecule has 1 N–H and O–H groups in total. The van der Waals surface area contributed by atoms with Gasteiger partial charge in [0.05, 0.1) is 10.4 Å². The Morgan fingerprint density at radius 2 is 2.13 bits per heavy atom. The molecule has 0 saturated carbocycles. The third-order valence-electron chi connectivity index (χ3n) is 4.29. The molecule has 1 aromatic carbocycles. The molecular weight excluding hydrogens is 334 g/mol. The van der Waals surface area contributed by atoms with Crippen molar-refractivity contribution in [3.63, 3.8) is 0 Å². The molecule has 1 atom stereocenters. The number of aryl methyl sites for hydroxylation is 1. The molecule has 5 nitrogen and oxygen atoms in total. The van der Waals surface area contributed by atoms with Crippen molar-refractivity contribution in [3.8, 4) is 0 Å². The van der Waals surface area contributed by atoms with E-state index < -0.39 is 10.0 Å². The Bertz CT molecular complexity index is 795. The van der Waals surface area contributed by atoms with Crippen molar-refractivity contribution in [1.82, 2.24) is 14.6 Å². The minimum atomic E-state index is -3.47. The molecule has 1 aromatic heterocycles. The molecule has 126 valence electrons. The van der Waals surface area contributed by atoms with Crippen LogP contribution in [-0.4, -0.2) is 44.4 Å². The van der Waals surface area contributed by atoms with Crippen LogP contribution < -0.4 is 5.32 Å². The van der Waals surface area contributed by atoms with E-state index in [1.807, 2.05) is 26.1 Å². The van der Waals surface area contributed by atoms with Crippen LogP contribution in [0.4, 0.5) is 0 Å². The normalized spacial score (nSPS) is 19.0. The number of nitrogens with one attached hydrogen (secondary N) is 1. The van der Waals surface area contributed by atoms with Crippen molar-refractivity contribution in [2.45, 2.75) is 18.2 Å². The van der Waals surface area contributed by atoms with Gasteiger partial charge in [-0.25, -0.2) is 8.42 Å². The van der Waals surface area contributed by atoms with Gasteiger partial charge < -0.3 is 5.32 Å². The number of nitrogens with zero attached hydrogens (tertiary/aromatic N) is 2. The lowest BCUT2D eigenvalue weighted by Crippen LogP contribution is -2.30. The van der Waals surface area contributed by atoms with Crippen LogP contribution in [0, 0.1) is 12.8 Å². The zero-order valence-corrected chi connectivity index (χ0v) is 15.0. The molecule has 1 unspecified atom stereocenters. The maximum atomic E-state index is 13.0. The predicted molar refractivity (Wildman–Crippen MR) is 94.5 cm³/mol. The van der Waals surface area contributed by atoms with Crippen LogP contribution in [-0.2, 0) is 10.0 Å². The van der Waals surface area contributed by atoms with E-state index in [1.54, 1.807) is 22.6 Å². The molecule has 2 aromatic rings. The number of aromatic nitrogens is 1. The van der Waals surface area contributed by atoms with Crippen molar-refractivity contribution >= 4 is 33.3 Å². The van der Waals surface area contributed by atoms with Gasteiger partial charge in [0.25, 0.3) is 0 Å². The van der Waals surface area contributed by atoms with Gasteiger partial charge in [0.15, 0.2) is 0 Å². The molecule has 0 radical (unpaired) electrons. The van der Waals surface area contributed by atoms with Gasteiger partial charge in [-0.1, -0.05) is 6.07 Å². The van der Waals surface area contributed by atoms with E-state index in [1.165, 1.54) is 0 Å². The maximum Gasteiger partial charge on any atom is 0.243 e. The first kappa shape index (κ1) is 18.1. The van der Waals surface area contributed by atoms with Crippen LogP contribution in [0.3, 0.4) is 0 Å². The van der Waals surface area contributed by atoms with Crippen molar-refractivity contribution in [1.29, 1.82) is 0 Å². The number of sulfonamides is 1. The summed E-state index contributed by atoms with van der Waals surface area (Å²) >= 11 is 0. The van der Waals surface area contributed by atoms with Crippen molar-refractivity contribution < 1.29 is 8.42 Å². The number of fused-ring (bicyclic) bond motifs is 1. The predicted octanol–water partition coefficient (Wildman–Crippen LogP) is 2.20. The first-order valence-electron chi connectivity index (χ1n) is 7.53. The van der Waals surface area contributed by atoms with E-state index in [-0.39, 0.29) is 12.4 Å². The Labute approximate surface area is 143 Å². The molecule has 1 aliphatic rings. The third kappa shape index (κ3) is 3.35. The van der Waals surface area contributed by atoms with Crippen molar-refractivity contribution in [2.75, 3.05) is 26.7 Å². The molecule has 0 bridgehead atoms. The fourth-order valence-corrected chi connectivity index (χ4v) is 4.84. The average molecular weight is 356 g/mol. The van der Waals surface area contributed by atoms with Gasteiger partial charge in [-0.15, -0.1) is 12.4 Å². The van der Waals surface area contributed by atoms with Crippen LogP contribution >= 0.6 is 12.4 Å². The molecule has 1 saturated heterocycles. The van der Waals surface area contributed by atoms with Crippen LogP contribution in [0.25, 0.3) is 10.9 Å². The fraction of sp³-hybridized carbons (Fsp3) is 0.438. The van der Waals surface area contributed by atoms with E-state index in [0.29, 0.717) is 29.3 Å². The van der Waals surface area contributed by atoms with E-state index >= 15 is 0 Å². The maximum absolute atomic E-state index is 13.0. The van der Waals surface area contributed by atoms with Gasteiger partial charge in [-0.05, 0) is 56.6 Å². The number of pyridine rings is 1. The summed E-state index contributed by atoms with van der Waals surface area (Å²) in [5, 5.41) is 3.83. The van der Waals surface area contributed by atoms with Gasteiger partial charge in [-0.3, -0.25) is 4.98 Å². The number of rotatable bonds is 4. The van der Waals surface area contributed by atoms with Gasteiger partial charge in [0, 0.05) is 24.7 Å². The lowest BCUT2D eigenvalue weighted by atomic mass is 10.1. The van der Waals surface area contributed by atoms with Crippen molar-refractivity contribution in [2.24, 2.45) is 5.92 Å². The van der Waals surface area contributed by atoms with Crippen molar-refractivity contribution in [3.05, 3.63) is 36.0 Å². The Hall–Kier alpha value is -1.21. The lowest BCUT2D eigenvalue weighted by molar-refractivity contribution is 0.451. The first-order chi connectivity index (χ1) is 10.5. The number of halogens is 1. The SMILES string of the molecule is CNCC1CCN(S(=O)(=O)c2ccc(C)c3ncccc23)C1.Cl. The highest BCUT2D eigenvalue weighted by Gasteiger charge is 2.33. The van der Waals surface area contributed by atoms with Gasteiger partial charge in [0.2, 0.25) is 10.0 Å². The Balaban J connectivity index is 0.00000192. The molecule has 23 heavy (non-hydrogen) atoms. The summed E-state index contributed by atoms with van der Waals surface area (Å²) in [6, 6.07) is 7.17. The molecule has 3 rings (SSSR count). The van der Waals surface area contributed by atoms with Crippen LogP contribution in [0.2, 0.25) is 0 Å². The van der Waals surface area contributed by atoms with Crippen LogP contribution in [0.1, 0.15) is 12.0 Å². The van der Waals surface area contributed by atoms with Gasteiger partial charge in [-0.2, -0.15) is 4.31 Å². The molecule has 2 heterocycles. The highest BCUT2D eigenvalue weighted by Crippen LogP contribution is 2.29. The topological polar surface area (TPSA) is 62.3 Å². The number of hydrogen-bond acceptors (Lipinski definition) is 4. The molecule has 0 spiro atoms. The summed E-state index contributed by atoms with van der Waals surface area (Å²) in [6.07, 6.45) is 2.60. The summed E-state index contributed by atoms with van der Waals surface area (Å²) in [5.41, 5.74) is 1.75. The van der Waals surface area contributed by atoms with Crippen LogP contribution in [0.15, 0.2) is 35.4 Å². The second-order valence-corrected chi connectivity index (χ2v) is 7.76. The highest BCUT2D eigenvalue weighted by molar-refractivity contribution is 7.89. The second kappa shape index (κ2) is 7.13. The molecule has 7 heteroatoms. The first-order valence-corrected chi connectivity index (χ1v) is 8.97. The minimum Gasteiger partial charge on any atom is -0.319 e. The standard InChI is InChI=1S/C16H21N3O2S.ClH/c1-12-5-6-15(14-4-3-8-18-16(12)14)22(20,21)19-9-7-13(11-19)10-17-2;/h3-6,8,13,17H,7,9-11H2,1-2H3;1H. The summed E-state index contributed by atoms with van der Waals surface area (Å²) in [6.45, 7) is 3.97. The lowest BCUT2D eigenvalue weighted by Gasteiger charge is -2.18. The summed E-state index contributed by atoms with van der Waals surface area (Å²) < 4.78 is 27.6. The molecular formula is C16H22ClN3O2S. The van der Waals surface area contributed by atoms with E-state index in [4.69, 9.17) is 0 Å². The van der Waals surface area contributed by atoms with Crippen LogP contribution in [0.5, 0.6) is 0 Å². The highest BCUT2D eigenvalue weighted by atomic mass is 35.5. The van der Waals surface area contributed by atoms with Gasteiger partial charge in [0.1, 0.15) is 0 Å².